The second kappa shape index (κ2) is 7.73. The molecule has 7 nitrogen and oxygen atoms in total. The van der Waals surface area contributed by atoms with E-state index in [1.54, 1.807) is 35.3 Å². The molecule has 0 saturated heterocycles. The second-order valence-electron chi connectivity index (χ2n) is 9.35. The fourth-order valence-electron chi connectivity index (χ4n) is 4.80. The van der Waals surface area contributed by atoms with Gasteiger partial charge >= 0.3 is 0 Å². The summed E-state index contributed by atoms with van der Waals surface area (Å²) in [5.41, 5.74) is 0.914. The molecular weight excluding hydrogens is 438 g/mol. The fraction of sp³-hybridized carbons (Fsp3) is 0.320. The third kappa shape index (κ3) is 3.07. The molecule has 9 heteroatoms. The third-order valence-electron chi connectivity index (χ3n) is 7.48. The Labute approximate surface area is 195 Å². The molecule has 0 radical (unpaired) electrons. The van der Waals surface area contributed by atoms with Crippen LogP contribution in [0.5, 0.6) is 0 Å². The largest absolute Gasteiger partial charge is 0.390 e. The maximum atomic E-state index is 14.4. The molecule has 0 bridgehead atoms. The Morgan fingerprint density at radius 1 is 1.06 bits per heavy atom. The van der Waals surface area contributed by atoms with Crippen LogP contribution in [0.3, 0.4) is 0 Å². The zero-order valence-corrected chi connectivity index (χ0v) is 19.3. The highest BCUT2D eigenvalue weighted by atomic mass is 19.1. The van der Waals surface area contributed by atoms with E-state index in [1.807, 2.05) is 6.92 Å². The Kier molecular flexibility index (Phi) is 5.05. The maximum Gasteiger partial charge on any atom is 0.157 e. The molecule has 34 heavy (non-hydrogen) atoms. The molecular formula is C25H24F2N6O. The third-order valence-corrected chi connectivity index (χ3v) is 7.48. The van der Waals surface area contributed by atoms with Crippen LogP contribution in [0.4, 0.5) is 8.78 Å². The van der Waals surface area contributed by atoms with E-state index < -0.39 is 22.5 Å². The topological polar surface area (TPSA) is 89.6 Å². The molecule has 1 aromatic carbocycles. The van der Waals surface area contributed by atoms with E-state index in [-0.39, 0.29) is 23.8 Å². The van der Waals surface area contributed by atoms with Gasteiger partial charge in [-0.25, -0.2) is 23.4 Å². The summed E-state index contributed by atoms with van der Waals surface area (Å²) in [6.45, 7) is 8.14. The normalized spacial score (nSPS) is 21.0. The molecule has 1 aliphatic rings. The Morgan fingerprint density at radius 3 is 2.47 bits per heavy atom. The van der Waals surface area contributed by atoms with Crippen LogP contribution in [0.1, 0.15) is 56.4 Å². The molecule has 1 aliphatic carbocycles. The van der Waals surface area contributed by atoms with E-state index in [1.165, 1.54) is 18.2 Å². The van der Waals surface area contributed by atoms with Crippen molar-refractivity contribution in [3.63, 3.8) is 0 Å². The molecule has 3 aromatic heterocycles. The lowest BCUT2D eigenvalue weighted by Gasteiger charge is -2.39. The number of fused-ring (bicyclic) bond motifs is 1. The van der Waals surface area contributed by atoms with Gasteiger partial charge in [0.1, 0.15) is 17.5 Å². The van der Waals surface area contributed by atoms with Gasteiger partial charge in [0.05, 0.1) is 34.7 Å². The first-order chi connectivity index (χ1) is 16.2. The van der Waals surface area contributed by atoms with Crippen LogP contribution in [0, 0.1) is 17.0 Å². The van der Waals surface area contributed by atoms with Gasteiger partial charge in [0.15, 0.2) is 5.82 Å². The zero-order valence-electron chi connectivity index (χ0n) is 19.3. The highest BCUT2D eigenvalue weighted by molar-refractivity contribution is 5.63. The van der Waals surface area contributed by atoms with Crippen molar-refractivity contribution < 1.29 is 13.9 Å². The fourth-order valence-corrected chi connectivity index (χ4v) is 4.80. The Morgan fingerprint density at radius 2 is 1.79 bits per heavy atom. The number of benzene rings is 1. The zero-order chi connectivity index (χ0) is 24.3. The van der Waals surface area contributed by atoms with Gasteiger partial charge in [-0.1, -0.05) is 26.8 Å². The first-order valence-corrected chi connectivity index (χ1v) is 11.0. The van der Waals surface area contributed by atoms with Gasteiger partial charge in [-0.05, 0) is 48.1 Å². The lowest BCUT2D eigenvalue weighted by Crippen LogP contribution is -2.40. The smallest absolute Gasteiger partial charge is 0.157 e. The highest BCUT2D eigenvalue weighted by Crippen LogP contribution is 2.60. The molecule has 0 spiro atoms. The first-order valence-electron chi connectivity index (χ1n) is 11.0. The number of aromatic nitrogens is 6. The van der Waals surface area contributed by atoms with E-state index in [2.05, 4.69) is 41.1 Å². The summed E-state index contributed by atoms with van der Waals surface area (Å²) in [6, 6.07) is 8.93. The molecule has 0 amide bonds. The Bertz CT molecular complexity index is 1380. The van der Waals surface area contributed by atoms with E-state index in [4.69, 9.17) is 4.98 Å². The molecule has 2 atom stereocenters. The molecule has 0 saturated carbocycles. The van der Waals surface area contributed by atoms with E-state index in [0.717, 1.165) is 5.56 Å². The number of aliphatic hydroxyl groups is 1. The maximum absolute atomic E-state index is 14.4. The van der Waals surface area contributed by atoms with Crippen LogP contribution in [0.2, 0.25) is 0 Å². The van der Waals surface area contributed by atoms with Gasteiger partial charge in [0.25, 0.3) is 0 Å². The number of aliphatic hydroxyl groups excluding tert-OH is 1. The van der Waals surface area contributed by atoms with Crippen molar-refractivity contribution in [1.29, 1.82) is 0 Å². The van der Waals surface area contributed by atoms with Crippen molar-refractivity contribution >= 4 is 0 Å². The quantitative estimate of drug-likeness (QED) is 0.485. The second-order valence-corrected chi connectivity index (χ2v) is 9.35. The summed E-state index contributed by atoms with van der Waals surface area (Å²) in [4.78, 5) is 9.40. The summed E-state index contributed by atoms with van der Waals surface area (Å²) >= 11 is 0. The predicted molar refractivity (Wildman–Crippen MR) is 121 cm³/mol. The van der Waals surface area contributed by atoms with Crippen LogP contribution in [0.25, 0.3) is 17.1 Å². The van der Waals surface area contributed by atoms with Gasteiger partial charge in [-0.15, -0.1) is 5.10 Å². The Balaban J connectivity index is 1.66. The SMILES string of the molecule is C[C@H]1c2cc(-c3c(F)cccc3F)nnc2[C@](C)(c2nccc(-n3ccc(CO)n3)n2)C1(C)C. The summed E-state index contributed by atoms with van der Waals surface area (Å²) in [7, 11) is 0. The van der Waals surface area contributed by atoms with Crippen molar-refractivity contribution in [2.24, 2.45) is 5.41 Å². The van der Waals surface area contributed by atoms with Crippen molar-refractivity contribution in [1.82, 2.24) is 29.9 Å². The van der Waals surface area contributed by atoms with Gasteiger partial charge in [0, 0.05) is 18.5 Å². The summed E-state index contributed by atoms with van der Waals surface area (Å²) in [6.07, 6.45) is 3.39. The summed E-state index contributed by atoms with van der Waals surface area (Å²) in [5.74, 6) is -0.282. The predicted octanol–water partition coefficient (Wildman–Crippen LogP) is 4.34. The van der Waals surface area contributed by atoms with Crippen LogP contribution in [0.15, 0.2) is 48.8 Å². The number of hydrogen-bond acceptors (Lipinski definition) is 6. The number of rotatable bonds is 4. The van der Waals surface area contributed by atoms with E-state index >= 15 is 0 Å². The number of hydrogen-bond donors (Lipinski definition) is 1. The van der Waals surface area contributed by atoms with Crippen molar-refractivity contribution in [2.45, 2.75) is 45.6 Å². The minimum atomic E-state index is -0.732. The van der Waals surface area contributed by atoms with Crippen LogP contribution < -0.4 is 0 Å². The molecule has 1 N–H and O–H groups in total. The molecule has 0 unspecified atom stereocenters. The van der Waals surface area contributed by atoms with Crippen LogP contribution in [-0.2, 0) is 12.0 Å². The van der Waals surface area contributed by atoms with Gasteiger partial charge in [-0.3, -0.25) is 0 Å². The summed E-state index contributed by atoms with van der Waals surface area (Å²) < 4.78 is 30.5. The monoisotopic (exact) mass is 462 g/mol. The molecule has 0 fully saturated rings. The molecule has 0 aliphatic heterocycles. The minimum Gasteiger partial charge on any atom is -0.390 e. The standard InChI is InChI=1S/C25H24F2N6O/c1-14-16-12-19(21-17(26)6-5-7-18(21)27)30-31-22(16)25(4,24(14,2)3)23-28-10-8-20(29-23)33-11-9-15(13-34)32-33/h5-12,14,34H,13H2,1-4H3/t14-,25+/m0/s1. The van der Waals surface area contributed by atoms with Crippen molar-refractivity contribution in [3.05, 3.63) is 83.2 Å². The molecule has 5 rings (SSSR count). The van der Waals surface area contributed by atoms with Crippen molar-refractivity contribution in [2.75, 3.05) is 0 Å². The van der Waals surface area contributed by atoms with Gasteiger partial charge in [-0.2, -0.15) is 10.2 Å². The Hall–Kier alpha value is -3.59. The van der Waals surface area contributed by atoms with Crippen LogP contribution in [-0.4, -0.2) is 35.1 Å². The molecule has 4 aromatic rings. The van der Waals surface area contributed by atoms with E-state index in [0.29, 0.717) is 23.0 Å². The lowest BCUT2D eigenvalue weighted by molar-refractivity contribution is 0.197. The van der Waals surface area contributed by atoms with Gasteiger partial charge < -0.3 is 5.11 Å². The lowest BCUT2D eigenvalue weighted by atomic mass is 9.64. The summed E-state index contributed by atoms with van der Waals surface area (Å²) in [5, 5.41) is 22.4. The number of halogens is 2. The average molecular weight is 463 g/mol. The minimum absolute atomic E-state index is 0.0189. The first kappa shape index (κ1) is 22.2. The number of nitrogens with zero attached hydrogens (tertiary/aromatic N) is 6. The highest BCUT2D eigenvalue weighted by Gasteiger charge is 2.57. The van der Waals surface area contributed by atoms with Crippen molar-refractivity contribution in [3.8, 4) is 17.1 Å². The average Bonchev–Trinajstić information content (AvgIpc) is 3.37. The van der Waals surface area contributed by atoms with Crippen LogP contribution >= 0.6 is 0 Å². The van der Waals surface area contributed by atoms with E-state index in [9.17, 15) is 13.9 Å². The molecule has 174 valence electrons. The molecule has 3 heterocycles. The van der Waals surface area contributed by atoms with Gasteiger partial charge in [0.2, 0.25) is 0 Å².